The molecule has 4 rings (SSSR count). The van der Waals surface area contributed by atoms with Crippen LogP contribution in [0.1, 0.15) is 200 Å². The maximum atomic E-state index is 15.3. The van der Waals surface area contributed by atoms with E-state index in [2.05, 4.69) is 21.3 Å². The largest absolute Gasteiger partial charge is 0.391 e. The first-order chi connectivity index (χ1) is 45.4. The number of likely N-dealkylation sites (N-methyl/N-ethyl adjacent to an activating group) is 5. The van der Waals surface area contributed by atoms with Gasteiger partial charge in [0.05, 0.1) is 18.6 Å². The van der Waals surface area contributed by atoms with Crippen LogP contribution in [0.5, 0.6) is 0 Å². The van der Waals surface area contributed by atoms with Gasteiger partial charge in [-0.1, -0.05) is 103 Å². The number of ether oxygens (including phenoxy) is 1. The molecule has 4 saturated heterocycles. The molecule has 0 aromatic rings. The molecule has 552 valence electrons. The fraction of sp³-hybridized carbons (Fsp3) is 0.831. The highest BCUT2D eigenvalue weighted by Crippen LogP contribution is 2.29. The second-order valence-corrected chi connectivity index (χ2v) is 30.1. The Morgan fingerprint density at radius 2 is 0.969 bits per heavy atom. The molecule has 0 saturated carbocycles. The predicted molar refractivity (Wildman–Crippen MR) is 369 cm³/mol. The Labute approximate surface area is 578 Å². The molecule has 2 unspecified atom stereocenters. The lowest BCUT2D eigenvalue weighted by Crippen LogP contribution is -2.62. The van der Waals surface area contributed by atoms with Crippen molar-refractivity contribution in [1.82, 2.24) is 60.5 Å². The minimum Gasteiger partial charge on any atom is -0.391 e. The number of nitrogens with one attached hydrogen (secondary N) is 4. The predicted octanol–water partition coefficient (Wildman–Crippen LogP) is 3.93. The Hall–Kier alpha value is -6.44. The lowest BCUT2D eigenvalue weighted by atomic mass is 9.94. The van der Waals surface area contributed by atoms with Crippen molar-refractivity contribution in [2.24, 2.45) is 35.5 Å². The van der Waals surface area contributed by atoms with Crippen molar-refractivity contribution < 1.29 is 67.4 Å². The molecule has 4 fully saturated rings. The highest BCUT2D eigenvalue weighted by molar-refractivity contribution is 6.00. The summed E-state index contributed by atoms with van der Waals surface area (Å²) < 4.78 is 6.04. The molecule has 0 radical (unpaired) electrons. The number of nitrogens with zero attached hydrogens (tertiary/aromatic N) is 8. The number of piperidine rings is 1. The summed E-state index contributed by atoms with van der Waals surface area (Å²) in [6.07, 6.45) is 1.73. The molecule has 0 spiro atoms. The van der Waals surface area contributed by atoms with E-state index in [-0.39, 0.29) is 101 Å². The average Bonchev–Trinajstić information content (AvgIpc) is 1.76. The van der Waals surface area contributed by atoms with Crippen LogP contribution in [0.15, 0.2) is 0 Å². The fourth-order valence-corrected chi connectivity index (χ4v) is 14.0. The molecule has 26 nitrogen and oxygen atoms in total. The first kappa shape index (κ1) is 83.0. The Bertz CT molecular complexity index is 2700. The smallest absolute Gasteiger partial charge is 0.248 e. The third-order valence-corrected chi connectivity index (χ3v) is 19.8. The summed E-state index contributed by atoms with van der Waals surface area (Å²) in [5.74, 6) is -9.15. The molecular formula is C71H124N12O14. The summed E-state index contributed by atoms with van der Waals surface area (Å²) in [4.78, 5) is 191. The van der Waals surface area contributed by atoms with Gasteiger partial charge in [-0.05, 0) is 120 Å². The molecule has 26 heteroatoms. The highest BCUT2D eigenvalue weighted by Gasteiger charge is 2.49. The third-order valence-electron chi connectivity index (χ3n) is 19.8. The van der Waals surface area contributed by atoms with Crippen LogP contribution in [0, 0.1) is 35.5 Å². The van der Waals surface area contributed by atoms with Crippen LogP contribution in [0.3, 0.4) is 0 Å². The van der Waals surface area contributed by atoms with Gasteiger partial charge in [0.2, 0.25) is 70.9 Å². The van der Waals surface area contributed by atoms with Crippen LogP contribution in [-0.2, 0) is 62.3 Å². The summed E-state index contributed by atoms with van der Waals surface area (Å²) in [6, 6.07) is -13.8. The monoisotopic (exact) mass is 1370 g/mol. The molecule has 4 aliphatic heterocycles. The lowest BCUT2D eigenvalue weighted by Gasteiger charge is -2.38. The van der Waals surface area contributed by atoms with E-state index in [0.717, 1.165) is 6.42 Å². The van der Waals surface area contributed by atoms with Gasteiger partial charge in [-0.3, -0.25) is 57.5 Å². The van der Waals surface area contributed by atoms with Crippen LogP contribution in [0.4, 0.5) is 0 Å². The van der Waals surface area contributed by atoms with Gasteiger partial charge in [0.15, 0.2) is 0 Å². The minimum atomic E-state index is -1.66. The van der Waals surface area contributed by atoms with Gasteiger partial charge >= 0.3 is 0 Å². The third kappa shape index (κ3) is 22.3. The SMILES string of the molecule is CCCC1C(=O)N[C@@H](CC(C)C)C(=O)N(C)[C@H](CC(C)C)C(=O)N[C@@H]([C@@H](C)O)C(=O)N2C[C@H](OCC)C[C@H]2C(=O)N(C)[C@@H](CC(C)C)C(=O)NC([C@@H](C)CC)C(=O)N(C)[C@@H](CC(C)C)C(=O)N2CCC[C@H]2C(=O)N[C@@H](C(=O)N2CCCCC2)CC(=O)N(C)[C@H](CC(C)C)C(=O)N1C. The molecule has 4 heterocycles. The van der Waals surface area contributed by atoms with E-state index in [1.165, 1.54) is 76.5 Å². The zero-order valence-electron chi connectivity index (χ0n) is 62.4. The van der Waals surface area contributed by atoms with Crippen LogP contribution < -0.4 is 21.3 Å². The summed E-state index contributed by atoms with van der Waals surface area (Å²) in [7, 11) is 7.29. The van der Waals surface area contributed by atoms with Crippen molar-refractivity contribution in [2.75, 3.05) is 68.0 Å². The van der Waals surface area contributed by atoms with E-state index in [1.54, 1.807) is 18.7 Å². The molecule has 4 aliphatic rings. The summed E-state index contributed by atoms with van der Waals surface area (Å²) >= 11 is 0. The van der Waals surface area contributed by atoms with Gasteiger partial charge in [0.1, 0.15) is 66.5 Å². The number of aliphatic hydroxyl groups is 1. The average molecular weight is 1370 g/mol. The van der Waals surface area contributed by atoms with Crippen molar-refractivity contribution in [2.45, 2.75) is 279 Å². The molecule has 0 aliphatic carbocycles. The Morgan fingerprint density at radius 1 is 0.485 bits per heavy atom. The number of carbonyl (C=O) groups excluding carboxylic acids is 12. The minimum absolute atomic E-state index is 0.00534. The molecule has 14 atom stereocenters. The number of amides is 12. The molecule has 0 bridgehead atoms. The Kier molecular flexibility index (Phi) is 32.7. The molecule has 0 aromatic heterocycles. The van der Waals surface area contributed by atoms with Crippen LogP contribution >= 0.6 is 0 Å². The number of carbonyl (C=O) groups is 12. The van der Waals surface area contributed by atoms with Crippen molar-refractivity contribution in [1.29, 1.82) is 0 Å². The fourth-order valence-electron chi connectivity index (χ4n) is 14.0. The van der Waals surface area contributed by atoms with E-state index in [0.29, 0.717) is 45.2 Å². The number of fused-ring (bicyclic) bond motifs is 2. The van der Waals surface area contributed by atoms with Gasteiger partial charge in [-0.2, -0.15) is 0 Å². The topological polar surface area (TPSA) is 308 Å². The summed E-state index contributed by atoms with van der Waals surface area (Å²) in [6.45, 7) is 28.3. The number of hydrogen-bond donors (Lipinski definition) is 5. The second-order valence-electron chi connectivity index (χ2n) is 30.1. The molecule has 97 heavy (non-hydrogen) atoms. The van der Waals surface area contributed by atoms with E-state index in [1.807, 2.05) is 83.1 Å². The van der Waals surface area contributed by atoms with Gasteiger partial charge < -0.3 is 70.3 Å². The molecule has 5 N–H and O–H groups in total. The number of hydrogen-bond acceptors (Lipinski definition) is 14. The van der Waals surface area contributed by atoms with Crippen molar-refractivity contribution in [3.63, 3.8) is 0 Å². The van der Waals surface area contributed by atoms with E-state index < -0.39 is 162 Å². The lowest BCUT2D eigenvalue weighted by molar-refractivity contribution is -0.152. The van der Waals surface area contributed by atoms with Crippen molar-refractivity contribution in [3.05, 3.63) is 0 Å². The van der Waals surface area contributed by atoms with E-state index in [4.69, 9.17) is 4.74 Å². The second kappa shape index (κ2) is 38.2. The number of aliphatic hydroxyl groups excluding tert-OH is 1. The number of likely N-dealkylation sites (tertiary alicyclic amines) is 1. The summed E-state index contributed by atoms with van der Waals surface area (Å²) in [5.41, 5.74) is 0. The van der Waals surface area contributed by atoms with Gasteiger partial charge in [-0.15, -0.1) is 0 Å². The molecular weight excluding hydrogens is 1240 g/mol. The summed E-state index contributed by atoms with van der Waals surface area (Å²) in [5, 5.41) is 23.0. The Morgan fingerprint density at radius 3 is 1.47 bits per heavy atom. The van der Waals surface area contributed by atoms with Crippen LogP contribution in [-0.4, -0.2) is 262 Å². The van der Waals surface area contributed by atoms with Crippen molar-refractivity contribution >= 4 is 70.9 Å². The highest BCUT2D eigenvalue weighted by atomic mass is 16.5. The zero-order chi connectivity index (χ0) is 73.2. The normalized spacial score (nSPS) is 28.6. The standard InChI is InChI=1S/C71H124N12O14/c1-21-28-51-61(86)72-49(33-41(4)5)65(90)78(18)53(34-42(6)7)64(89)75-60(47(15)84)71(96)83-40-48(97-23-3)38-57(83)68(93)79(19)54(35-43(8)9)63(88)74-59(46(14)22-2)70(95)80(20)56(37-45(12)13)69(94)82-32-27-29-52(82)62(87)73-50(66(91)81-30-25-24-26-31-81)39-58(85)76(16)55(36-44(10)11)67(92)77(51)17/h41-57,59-60,84H,21-40H2,1-20H3,(H,72,86)(H,73,87)(H,74,88)(H,75,89)/t46-,47+,48+,49-,50+,51?,52-,53+,54-,55+,56-,57-,59?,60-/m0/s1. The first-order valence-electron chi connectivity index (χ1n) is 36.2. The van der Waals surface area contributed by atoms with Gasteiger partial charge in [0, 0.05) is 74.4 Å². The van der Waals surface area contributed by atoms with E-state index >= 15 is 33.6 Å². The number of rotatable bonds is 18. The van der Waals surface area contributed by atoms with Crippen LogP contribution in [0.2, 0.25) is 0 Å². The Balaban J connectivity index is 1.97. The molecule has 0 aromatic carbocycles. The van der Waals surface area contributed by atoms with Crippen molar-refractivity contribution in [3.8, 4) is 0 Å². The quantitative estimate of drug-likeness (QED) is 0.130. The van der Waals surface area contributed by atoms with Gasteiger partial charge in [-0.25, -0.2) is 0 Å². The first-order valence-corrected chi connectivity index (χ1v) is 36.2. The maximum absolute atomic E-state index is 15.3. The van der Waals surface area contributed by atoms with E-state index in [9.17, 15) is 29.1 Å². The zero-order valence-corrected chi connectivity index (χ0v) is 62.4. The van der Waals surface area contributed by atoms with Gasteiger partial charge in [0.25, 0.3) is 0 Å². The van der Waals surface area contributed by atoms with Crippen LogP contribution in [0.25, 0.3) is 0 Å². The molecule has 12 amide bonds. The maximum Gasteiger partial charge on any atom is 0.248 e.